The summed E-state index contributed by atoms with van der Waals surface area (Å²) in [4.78, 5) is 23.7. The van der Waals surface area contributed by atoms with Gasteiger partial charge in [-0.25, -0.2) is 0 Å². The van der Waals surface area contributed by atoms with E-state index in [0.717, 1.165) is 23.4 Å². The van der Waals surface area contributed by atoms with Gasteiger partial charge in [-0.05, 0) is 48.4 Å². The summed E-state index contributed by atoms with van der Waals surface area (Å²) in [5, 5.41) is 14.8. The van der Waals surface area contributed by atoms with Crippen LogP contribution in [0.5, 0.6) is 0 Å². The first-order chi connectivity index (χ1) is 14.5. The molecule has 2 N–H and O–H groups in total. The van der Waals surface area contributed by atoms with Gasteiger partial charge in [-0.1, -0.05) is 37.7 Å². The Morgan fingerprint density at radius 1 is 0.900 bits per heavy atom. The quantitative estimate of drug-likeness (QED) is 0.532. The molecule has 1 aromatic heterocycles. The van der Waals surface area contributed by atoms with Gasteiger partial charge in [-0.3, -0.25) is 9.59 Å². The lowest BCUT2D eigenvalue weighted by Gasteiger charge is -2.07. The molecule has 0 aliphatic heterocycles. The topological polar surface area (TPSA) is 88.9 Å². The molecule has 2 aromatic carbocycles. The highest BCUT2D eigenvalue weighted by Gasteiger charge is 2.13. The molecule has 156 valence electrons. The molecule has 3 aromatic rings. The fourth-order valence-electron chi connectivity index (χ4n) is 2.79. The summed E-state index contributed by atoms with van der Waals surface area (Å²) in [6, 6.07) is 15.3. The van der Waals surface area contributed by atoms with Crippen LogP contribution in [0.4, 0.5) is 11.4 Å². The third-order valence-corrected chi connectivity index (χ3v) is 5.58. The number of thioether (sulfide) groups is 1. The molecule has 0 fully saturated rings. The van der Waals surface area contributed by atoms with Crippen LogP contribution in [-0.4, -0.2) is 32.3 Å². The lowest BCUT2D eigenvalue weighted by molar-refractivity contribution is -0.116. The number of carbonyl (C=O) groups is 2. The molecular weight excluding hydrogens is 398 g/mol. The maximum Gasteiger partial charge on any atom is 0.234 e. The molecular formula is C22H25N5O2S. The standard InChI is InChI=1S/C22H25N5O2S/c1-4-15-6-10-17(11-7-15)24-20(29)14-30-22-26-25-21(27(22)3)16-8-12-18(13-9-16)23-19(28)5-2/h6-13H,4-5,14H2,1-3H3,(H,23,28)(H,24,29). The van der Waals surface area contributed by atoms with Gasteiger partial charge in [0.15, 0.2) is 11.0 Å². The Morgan fingerprint density at radius 3 is 2.10 bits per heavy atom. The minimum atomic E-state index is -0.0928. The molecule has 0 aliphatic rings. The SMILES string of the molecule is CCC(=O)Nc1ccc(-c2nnc(SCC(=O)Nc3ccc(CC)cc3)n2C)cc1. The number of nitrogens with zero attached hydrogens (tertiary/aromatic N) is 3. The Bertz CT molecular complexity index is 1010. The lowest BCUT2D eigenvalue weighted by Crippen LogP contribution is -2.14. The van der Waals surface area contributed by atoms with Crippen LogP contribution in [0.3, 0.4) is 0 Å². The number of hydrogen-bond acceptors (Lipinski definition) is 5. The molecule has 3 rings (SSSR count). The number of benzene rings is 2. The van der Waals surface area contributed by atoms with Crippen LogP contribution in [0, 0.1) is 0 Å². The Kier molecular flexibility index (Phi) is 7.24. The van der Waals surface area contributed by atoms with Gasteiger partial charge in [-0.2, -0.15) is 0 Å². The first kappa shape index (κ1) is 21.6. The van der Waals surface area contributed by atoms with Gasteiger partial charge in [-0.15, -0.1) is 10.2 Å². The highest BCUT2D eigenvalue weighted by molar-refractivity contribution is 7.99. The van der Waals surface area contributed by atoms with Gasteiger partial charge >= 0.3 is 0 Å². The van der Waals surface area contributed by atoms with E-state index in [1.54, 1.807) is 0 Å². The van der Waals surface area contributed by atoms with E-state index in [4.69, 9.17) is 0 Å². The van der Waals surface area contributed by atoms with Crippen molar-refractivity contribution in [3.8, 4) is 11.4 Å². The van der Waals surface area contributed by atoms with E-state index >= 15 is 0 Å². The van der Waals surface area contributed by atoms with Crippen LogP contribution in [0.2, 0.25) is 0 Å². The van der Waals surface area contributed by atoms with E-state index in [-0.39, 0.29) is 17.6 Å². The second-order valence-electron chi connectivity index (χ2n) is 6.73. The molecule has 0 saturated carbocycles. The molecule has 0 saturated heterocycles. The van der Waals surface area contributed by atoms with Crippen molar-refractivity contribution in [2.45, 2.75) is 31.8 Å². The van der Waals surface area contributed by atoms with Gasteiger partial charge in [0.1, 0.15) is 0 Å². The minimum absolute atomic E-state index is 0.0281. The van der Waals surface area contributed by atoms with Crippen molar-refractivity contribution in [3.63, 3.8) is 0 Å². The Labute approximate surface area is 180 Å². The summed E-state index contributed by atoms with van der Waals surface area (Å²) in [6.07, 6.45) is 1.40. The molecule has 0 bridgehead atoms. The number of hydrogen-bond donors (Lipinski definition) is 2. The lowest BCUT2D eigenvalue weighted by atomic mass is 10.1. The number of carbonyl (C=O) groups excluding carboxylic acids is 2. The van der Waals surface area contributed by atoms with Crippen LogP contribution in [-0.2, 0) is 23.1 Å². The van der Waals surface area contributed by atoms with Crippen LogP contribution in [0.1, 0.15) is 25.8 Å². The van der Waals surface area contributed by atoms with Gasteiger partial charge in [0.05, 0.1) is 5.75 Å². The third kappa shape index (κ3) is 5.48. The zero-order valence-electron chi connectivity index (χ0n) is 17.3. The minimum Gasteiger partial charge on any atom is -0.326 e. The summed E-state index contributed by atoms with van der Waals surface area (Å²) in [6.45, 7) is 3.91. The number of aromatic nitrogens is 3. The molecule has 0 atom stereocenters. The van der Waals surface area contributed by atoms with Gasteiger partial charge < -0.3 is 15.2 Å². The molecule has 0 spiro atoms. The predicted molar refractivity (Wildman–Crippen MR) is 121 cm³/mol. The number of aryl methyl sites for hydroxylation is 1. The molecule has 2 amide bonds. The average molecular weight is 424 g/mol. The van der Waals surface area contributed by atoms with Crippen molar-refractivity contribution in [1.82, 2.24) is 14.8 Å². The second kappa shape index (κ2) is 10.1. The van der Waals surface area contributed by atoms with Gasteiger partial charge in [0, 0.05) is 30.4 Å². The summed E-state index contributed by atoms with van der Waals surface area (Å²) in [7, 11) is 1.87. The zero-order valence-corrected chi connectivity index (χ0v) is 18.1. The zero-order chi connectivity index (χ0) is 21.5. The van der Waals surface area contributed by atoms with Crippen molar-refractivity contribution < 1.29 is 9.59 Å². The Balaban J connectivity index is 1.59. The number of rotatable bonds is 8. The van der Waals surface area contributed by atoms with E-state index in [1.165, 1.54) is 17.3 Å². The molecule has 0 unspecified atom stereocenters. The summed E-state index contributed by atoms with van der Waals surface area (Å²) >= 11 is 1.33. The fourth-order valence-corrected chi connectivity index (χ4v) is 3.51. The third-order valence-electron chi connectivity index (χ3n) is 4.56. The van der Waals surface area contributed by atoms with Crippen LogP contribution >= 0.6 is 11.8 Å². The van der Waals surface area contributed by atoms with E-state index in [0.29, 0.717) is 17.4 Å². The highest BCUT2D eigenvalue weighted by atomic mass is 32.2. The van der Waals surface area contributed by atoms with Crippen molar-refractivity contribution in [2.24, 2.45) is 7.05 Å². The summed E-state index contributed by atoms with van der Waals surface area (Å²) in [5.41, 5.74) is 3.64. The van der Waals surface area contributed by atoms with E-state index in [2.05, 4.69) is 27.8 Å². The van der Waals surface area contributed by atoms with E-state index in [1.807, 2.05) is 67.1 Å². The highest BCUT2D eigenvalue weighted by Crippen LogP contribution is 2.24. The smallest absolute Gasteiger partial charge is 0.234 e. The number of nitrogens with one attached hydrogen (secondary N) is 2. The van der Waals surface area contributed by atoms with Gasteiger partial charge in [0.25, 0.3) is 0 Å². The maximum atomic E-state index is 12.3. The number of anilines is 2. The normalized spacial score (nSPS) is 10.6. The average Bonchev–Trinajstić information content (AvgIpc) is 3.13. The largest absolute Gasteiger partial charge is 0.326 e. The van der Waals surface area contributed by atoms with E-state index in [9.17, 15) is 9.59 Å². The summed E-state index contributed by atoms with van der Waals surface area (Å²) < 4.78 is 1.85. The van der Waals surface area contributed by atoms with Crippen molar-refractivity contribution in [2.75, 3.05) is 16.4 Å². The molecule has 1 heterocycles. The number of amides is 2. The molecule has 30 heavy (non-hydrogen) atoms. The van der Waals surface area contributed by atoms with Gasteiger partial charge in [0.2, 0.25) is 11.8 Å². The van der Waals surface area contributed by atoms with Crippen LogP contribution < -0.4 is 10.6 Å². The van der Waals surface area contributed by atoms with Crippen molar-refractivity contribution in [1.29, 1.82) is 0 Å². The maximum absolute atomic E-state index is 12.3. The monoisotopic (exact) mass is 423 g/mol. The van der Waals surface area contributed by atoms with Crippen molar-refractivity contribution >= 4 is 35.0 Å². The molecule has 0 radical (unpaired) electrons. The second-order valence-corrected chi connectivity index (χ2v) is 7.67. The first-order valence-electron chi connectivity index (χ1n) is 9.81. The molecule has 7 nitrogen and oxygen atoms in total. The predicted octanol–water partition coefficient (Wildman–Crippen LogP) is 4.12. The Hall–Kier alpha value is -3.13. The first-order valence-corrected chi connectivity index (χ1v) is 10.8. The Morgan fingerprint density at radius 2 is 1.50 bits per heavy atom. The summed E-state index contributed by atoms with van der Waals surface area (Å²) in [5.74, 6) is 0.815. The van der Waals surface area contributed by atoms with E-state index < -0.39 is 0 Å². The molecule has 0 aliphatic carbocycles. The fraction of sp³-hybridized carbons (Fsp3) is 0.273. The molecule has 8 heteroatoms. The van der Waals surface area contributed by atoms with Crippen LogP contribution in [0.15, 0.2) is 53.7 Å². The van der Waals surface area contributed by atoms with Crippen LogP contribution in [0.25, 0.3) is 11.4 Å². The van der Waals surface area contributed by atoms with Crippen molar-refractivity contribution in [3.05, 3.63) is 54.1 Å².